The van der Waals surface area contributed by atoms with Gasteiger partial charge in [0.05, 0.1) is 0 Å². The SMILES string of the molecule is CC(C)(C)[Si](C)(C)OCCC=Cc1c(F)ccc(F)c1F. The fourth-order valence-corrected chi connectivity index (χ4v) is 2.56. The third-order valence-corrected chi connectivity index (χ3v) is 8.46. The molecule has 0 fully saturated rings. The highest BCUT2D eigenvalue weighted by Crippen LogP contribution is 2.36. The Balaban J connectivity index is 2.60. The number of rotatable bonds is 5. The first kappa shape index (κ1) is 18.0. The lowest BCUT2D eigenvalue weighted by Gasteiger charge is -2.36. The molecule has 0 saturated heterocycles. The van der Waals surface area contributed by atoms with Gasteiger partial charge in [-0.15, -0.1) is 0 Å². The zero-order valence-electron chi connectivity index (χ0n) is 13.3. The van der Waals surface area contributed by atoms with Gasteiger partial charge in [0.25, 0.3) is 0 Å². The molecule has 0 amide bonds. The van der Waals surface area contributed by atoms with Gasteiger partial charge >= 0.3 is 0 Å². The molecule has 118 valence electrons. The van der Waals surface area contributed by atoms with Crippen LogP contribution in [-0.4, -0.2) is 14.9 Å². The fourth-order valence-electron chi connectivity index (χ4n) is 1.50. The van der Waals surface area contributed by atoms with Crippen molar-refractivity contribution in [2.45, 2.75) is 45.3 Å². The summed E-state index contributed by atoms with van der Waals surface area (Å²) in [4.78, 5) is 0. The van der Waals surface area contributed by atoms with Gasteiger partial charge in [0, 0.05) is 12.2 Å². The van der Waals surface area contributed by atoms with Crippen molar-refractivity contribution < 1.29 is 17.6 Å². The van der Waals surface area contributed by atoms with E-state index in [1.165, 1.54) is 6.08 Å². The molecule has 0 radical (unpaired) electrons. The Bertz CT molecular complexity index is 519. The van der Waals surface area contributed by atoms with E-state index < -0.39 is 25.8 Å². The summed E-state index contributed by atoms with van der Waals surface area (Å²) in [7, 11) is -1.81. The highest BCUT2D eigenvalue weighted by Gasteiger charge is 2.36. The van der Waals surface area contributed by atoms with Crippen molar-refractivity contribution in [2.24, 2.45) is 0 Å². The van der Waals surface area contributed by atoms with Gasteiger partial charge in [-0.25, -0.2) is 13.2 Å². The first-order valence-corrected chi connectivity index (χ1v) is 9.91. The normalized spacial score (nSPS) is 13.1. The first-order chi connectivity index (χ1) is 9.56. The minimum absolute atomic E-state index is 0.123. The van der Waals surface area contributed by atoms with E-state index in [0.717, 1.165) is 12.1 Å². The molecule has 1 aromatic carbocycles. The van der Waals surface area contributed by atoms with Gasteiger partial charge in [-0.3, -0.25) is 0 Å². The summed E-state index contributed by atoms with van der Waals surface area (Å²) < 4.78 is 45.8. The zero-order chi connectivity index (χ0) is 16.3. The van der Waals surface area contributed by atoms with Crippen LogP contribution in [0.15, 0.2) is 18.2 Å². The number of hydrogen-bond donors (Lipinski definition) is 0. The van der Waals surface area contributed by atoms with E-state index >= 15 is 0 Å². The topological polar surface area (TPSA) is 9.23 Å². The molecule has 0 saturated carbocycles. The van der Waals surface area contributed by atoms with Crippen LogP contribution in [0.25, 0.3) is 6.08 Å². The van der Waals surface area contributed by atoms with E-state index in [9.17, 15) is 13.2 Å². The molecule has 0 aromatic heterocycles. The second kappa shape index (κ2) is 6.79. The molecule has 1 aromatic rings. The van der Waals surface area contributed by atoms with Crippen molar-refractivity contribution in [2.75, 3.05) is 6.61 Å². The highest BCUT2D eigenvalue weighted by molar-refractivity contribution is 6.74. The van der Waals surface area contributed by atoms with Crippen LogP contribution < -0.4 is 0 Å². The molecule has 0 aliphatic heterocycles. The van der Waals surface area contributed by atoms with Crippen LogP contribution in [-0.2, 0) is 4.43 Å². The summed E-state index contributed by atoms with van der Waals surface area (Å²) in [6, 6.07) is 1.70. The lowest BCUT2D eigenvalue weighted by molar-refractivity contribution is 0.294. The van der Waals surface area contributed by atoms with E-state index in [2.05, 4.69) is 33.9 Å². The zero-order valence-corrected chi connectivity index (χ0v) is 14.3. The highest BCUT2D eigenvalue weighted by atomic mass is 28.4. The van der Waals surface area contributed by atoms with Gasteiger partial charge in [-0.05, 0) is 36.7 Å². The lowest BCUT2D eigenvalue weighted by atomic mass is 10.1. The van der Waals surface area contributed by atoms with Crippen molar-refractivity contribution in [3.05, 3.63) is 41.2 Å². The molecule has 0 N–H and O–H groups in total. The standard InChI is InChI=1S/C16H23F3OSi/c1-16(2,3)21(4,5)20-11-7-6-8-12-13(17)9-10-14(18)15(12)19/h6,8-10H,7,11H2,1-5H3. The van der Waals surface area contributed by atoms with Gasteiger partial charge in [0.2, 0.25) is 0 Å². The fraction of sp³-hybridized carbons (Fsp3) is 0.500. The van der Waals surface area contributed by atoms with Crippen LogP contribution in [0.4, 0.5) is 13.2 Å². The molecule has 1 rings (SSSR count). The van der Waals surface area contributed by atoms with E-state index in [-0.39, 0.29) is 10.6 Å². The third-order valence-electron chi connectivity index (χ3n) is 3.92. The second-order valence-electron chi connectivity index (χ2n) is 6.56. The Labute approximate surface area is 126 Å². The molecule has 0 atom stereocenters. The maximum absolute atomic E-state index is 13.4. The average Bonchev–Trinajstić information content (AvgIpc) is 2.36. The predicted molar refractivity (Wildman–Crippen MR) is 83.1 cm³/mol. The van der Waals surface area contributed by atoms with Crippen LogP contribution in [0.1, 0.15) is 32.8 Å². The smallest absolute Gasteiger partial charge is 0.191 e. The summed E-state index contributed by atoms with van der Waals surface area (Å²) in [5, 5.41) is 0.123. The Morgan fingerprint density at radius 2 is 1.67 bits per heavy atom. The minimum atomic E-state index is -1.81. The second-order valence-corrected chi connectivity index (χ2v) is 11.4. The third kappa shape index (κ3) is 4.71. The summed E-state index contributed by atoms with van der Waals surface area (Å²) in [6.07, 6.45) is 3.40. The van der Waals surface area contributed by atoms with Crippen LogP contribution >= 0.6 is 0 Å². The van der Waals surface area contributed by atoms with Gasteiger partial charge < -0.3 is 4.43 Å². The molecule has 1 nitrogen and oxygen atoms in total. The van der Waals surface area contributed by atoms with E-state index in [1.807, 2.05) is 0 Å². The van der Waals surface area contributed by atoms with Crippen molar-refractivity contribution in [3.63, 3.8) is 0 Å². The monoisotopic (exact) mass is 316 g/mol. The largest absolute Gasteiger partial charge is 0.417 e. The Morgan fingerprint density at radius 3 is 2.24 bits per heavy atom. The van der Waals surface area contributed by atoms with Gasteiger partial charge in [0.1, 0.15) is 5.82 Å². The molecule has 0 aliphatic rings. The molecule has 0 aliphatic carbocycles. The molecular formula is C16H23F3OSi. The summed E-state index contributed by atoms with van der Waals surface area (Å²) >= 11 is 0. The maximum atomic E-state index is 13.4. The van der Waals surface area contributed by atoms with Gasteiger partial charge in [0.15, 0.2) is 20.0 Å². The molecule has 0 spiro atoms. The molecule has 5 heteroatoms. The van der Waals surface area contributed by atoms with E-state index in [0.29, 0.717) is 13.0 Å². The molecule has 0 heterocycles. The van der Waals surface area contributed by atoms with Gasteiger partial charge in [-0.2, -0.15) is 0 Å². The van der Waals surface area contributed by atoms with Crippen LogP contribution in [0.3, 0.4) is 0 Å². The quantitative estimate of drug-likeness (QED) is 0.394. The Kier molecular flexibility index (Phi) is 5.81. The molecule has 0 bridgehead atoms. The summed E-state index contributed by atoms with van der Waals surface area (Å²) in [5.41, 5.74) is -0.345. The maximum Gasteiger partial charge on any atom is 0.191 e. The van der Waals surface area contributed by atoms with Crippen molar-refractivity contribution in [1.29, 1.82) is 0 Å². The van der Waals surface area contributed by atoms with Crippen LogP contribution in [0, 0.1) is 17.5 Å². The number of hydrogen-bond acceptors (Lipinski definition) is 1. The Morgan fingerprint density at radius 1 is 1.10 bits per heavy atom. The predicted octanol–water partition coefficient (Wildman–Crippen LogP) is 5.53. The molecule has 21 heavy (non-hydrogen) atoms. The summed E-state index contributed by atoms with van der Waals surface area (Å²) in [5.74, 6) is -2.97. The van der Waals surface area contributed by atoms with Crippen molar-refractivity contribution in [1.82, 2.24) is 0 Å². The average molecular weight is 316 g/mol. The van der Waals surface area contributed by atoms with Crippen LogP contribution in [0.2, 0.25) is 18.1 Å². The van der Waals surface area contributed by atoms with Crippen LogP contribution in [0.5, 0.6) is 0 Å². The molecule has 0 unspecified atom stereocenters. The number of halogens is 3. The van der Waals surface area contributed by atoms with Crippen molar-refractivity contribution in [3.8, 4) is 0 Å². The minimum Gasteiger partial charge on any atom is -0.417 e. The molecular weight excluding hydrogens is 293 g/mol. The summed E-state index contributed by atoms with van der Waals surface area (Å²) in [6.45, 7) is 11.2. The van der Waals surface area contributed by atoms with E-state index in [4.69, 9.17) is 4.43 Å². The Hall–Kier alpha value is -1.07. The lowest BCUT2D eigenvalue weighted by Crippen LogP contribution is -2.40. The number of benzene rings is 1. The van der Waals surface area contributed by atoms with Gasteiger partial charge in [-0.1, -0.05) is 32.9 Å². The van der Waals surface area contributed by atoms with E-state index in [1.54, 1.807) is 6.08 Å². The first-order valence-electron chi connectivity index (χ1n) is 7.00. The van der Waals surface area contributed by atoms with Crippen molar-refractivity contribution >= 4 is 14.4 Å².